The first-order valence-corrected chi connectivity index (χ1v) is 11.6. The van der Waals surface area contributed by atoms with Crippen molar-refractivity contribution in [3.05, 3.63) is 59.9 Å². The van der Waals surface area contributed by atoms with Crippen molar-refractivity contribution in [2.75, 3.05) is 13.1 Å². The second-order valence-corrected chi connectivity index (χ2v) is 8.74. The molecule has 0 N–H and O–H groups in total. The number of hydrogen-bond acceptors (Lipinski definition) is 4. The number of nitrogens with zero attached hydrogens (tertiary/aromatic N) is 6. The Bertz CT molecular complexity index is 1020. The van der Waals surface area contributed by atoms with Crippen molar-refractivity contribution in [2.45, 2.75) is 63.8 Å². The number of amides is 1. The van der Waals surface area contributed by atoms with Gasteiger partial charge in [0.2, 0.25) is 5.91 Å². The summed E-state index contributed by atoms with van der Waals surface area (Å²) in [4.78, 5) is 15.0. The van der Waals surface area contributed by atoms with Crippen LogP contribution in [-0.4, -0.2) is 48.4 Å². The Morgan fingerprint density at radius 1 is 1.03 bits per heavy atom. The Labute approximate surface area is 183 Å². The Morgan fingerprint density at radius 2 is 1.94 bits per heavy atom. The number of hydrogen-bond donors (Lipinski definition) is 0. The molecular formula is C24H30N6O. The topological polar surface area (TPSA) is 68.8 Å². The van der Waals surface area contributed by atoms with E-state index in [9.17, 15) is 4.79 Å². The largest absolute Gasteiger partial charge is 0.342 e. The van der Waals surface area contributed by atoms with Crippen molar-refractivity contribution in [2.24, 2.45) is 0 Å². The lowest BCUT2D eigenvalue weighted by atomic mass is 9.96. The summed E-state index contributed by atoms with van der Waals surface area (Å²) in [6.07, 6.45) is 11.9. The van der Waals surface area contributed by atoms with E-state index in [-0.39, 0.29) is 5.91 Å². The molecule has 2 aliphatic heterocycles. The second-order valence-electron chi connectivity index (χ2n) is 8.74. The molecule has 0 aliphatic carbocycles. The molecule has 1 saturated heterocycles. The third-order valence-electron chi connectivity index (χ3n) is 6.56. The summed E-state index contributed by atoms with van der Waals surface area (Å²) in [6.45, 7) is 2.63. The molecule has 4 heterocycles. The van der Waals surface area contributed by atoms with Crippen molar-refractivity contribution >= 4 is 5.91 Å². The fourth-order valence-corrected chi connectivity index (χ4v) is 4.84. The average molecular weight is 419 g/mol. The molecule has 0 bridgehead atoms. The zero-order chi connectivity index (χ0) is 21.0. The maximum atomic E-state index is 13.0. The van der Waals surface area contributed by atoms with E-state index in [2.05, 4.69) is 19.9 Å². The molecule has 7 heteroatoms. The molecule has 1 amide bonds. The fraction of sp³-hybridized carbons (Fsp3) is 0.500. The zero-order valence-electron chi connectivity index (χ0n) is 18.0. The monoisotopic (exact) mass is 418 g/mol. The standard InChI is InChI=1S/C24H30N6O/c31-23(13-12-19-16-25-30(17-19)21-9-3-1-4-10-21)28-14-7-8-20(18-28)24-27-26-22-11-5-2-6-15-29(22)24/h1,3-4,9-10,16-17,20H,2,5-8,11-15,18H2/t20-/m1/s1. The number of para-hydroxylation sites is 1. The lowest BCUT2D eigenvalue weighted by Crippen LogP contribution is -2.40. The van der Waals surface area contributed by atoms with Crippen LogP contribution in [0.1, 0.15) is 61.7 Å². The molecule has 2 aromatic heterocycles. The minimum atomic E-state index is 0.229. The summed E-state index contributed by atoms with van der Waals surface area (Å²) < 4.78 is 4.21. The molecule has 2 aliphatic rings. The van der Waals surface area contributed by atoms with E-state index in [0.717, 1.165) is 61.8 Å². The van der Waals surface area contributed by atoms with Gasteiger partial charge in [-0.15, -0.1) is 10.2 Å². The summed E-state index contributed by atoms with van der Waals surface area (Å²) in [5, 5.41) is 13.5. The highest BCUT2D eigenvalue weighted by Crippen LogP contribution is 2.28. The van der Waals surface area contributed by atoms with E-state index in [0.29, 0.717) is 18.8 Å². The molecule has 0 unspecified atom stereocenters. The first-order chi connectivity index (χ1) is 15.3. The van der Waals surface area contributed by atoms with Gasteiger partial charge in [0.15, 0.2) is 0 Å². The second kappa shape index (κ2) is 9.04. The predicted octanol–water partition coefficient (Wildman–Crippen LogP) is 3.53. The Kier molecular flexibility index (Phi) is 5.82. The summed E-state index contributed by atoms with van der Waals surface area (Å²) >= 11 is 0. The first-order valence-electron chi connectivity index (χ1n) is 11.6. The van der Waals surface area contributed by atoms with E-state index in [1.165, 1.54) is 19.3 Å². The van der Waals surface area contributed by atoms with E-state index >= 15 is 0 Å². The molecule has 7 nitrogen and oxygen atoms in total. The molecule has 1 fully saturated rings. The van der Waals surface area contributed by atoms with Crippen molar-refractivity contribution in [3.8, 4) is 5.69 Å². The van der Waals surface area contributed by atoms with Crippen LogP contribution in [-0.2, 0) is 24.2 Å². The molecule has 1 atom stereocenters. The molecule has 0 radical (unpaired) electrons. The highest BCUT2D eigenvalue weighted by atomic mass is 16.2. The highest BCUT2D eigenvalue weighted by molar-refractivity contribution is 5.76. The maximum Gasteiger partial charge on any atom is 0.222 e. The lowest BCUT2D eigenvalue weighted by Gasteiger charge is -2.32. The number of piperidine rings is 1. The number of fused-ring (bicyclic) bond motifs is 1. The van der Waals surface area contributed by atoms with Gasteiger partial charge in [-0.3, -0.25) is 4.79 Å². The van der Waals surface area contributed by atoms with Gasteiger partial charge in [-0.05, 0) is 49.8 Å². The minimum Gasteiger partial charge on any atom is -0.342 e. The number of aromatic nitrogens is 5. The van der Waals surface area contributed by atoms with Gasteiger partial charge in [-0.25, -0.2) is 4.68 Å². The lowest BCUT2D eigenvalue weighted by molar-refractivity contribution is -0.132. The Hall–Kier alpha value is -2.96. The van der Waals surface area contributed by atoms with E-state index < -0.39 is 0 Å². The quantitative estimate of drug-likeness (QED) is 0.636. The van der Waals surface area contributed by atoms with Gasteiger partial charge in [0, 0.05) is 44.6 Å². The van der Waals surface area contributed by atoms with Crippen LogP contribution in [0.5, 0.6) is 0 Å². The van der Waals surface area contributed by atoms with Gasteiger partial charge in [0.05, 0.1) is 11.9 Å². The third kappa shape index (κ3) is 4.40. The molecule has 162 valence electrons. The van der Waals surface area contributed by atoms with Crippen LogP contribution in [0.4, 0.5) is 0 Å². The van der Waals surface area contributed by atoms with Crippen LogP contribution in [0.3, 0.4) is 0 Å². The van der Waals surface area contributed by atoms with Gasteiger partial charge < -0.3 is 9.47 Å². The van der Waals surface area contributed by atoms with Crippen LogP contribution in [0.15, 0.2) is 42.7 Å². The summed E-state index contributed by atoms with van der Waals surface area (Å²) in [5.41, 5.74) is 2.12. The number of likely N-dealkylation sites (tertiary alicyclic amines) is 1. The maximum absolute atomic E-state index is 13.0. The van der Waals surface area contributed by atoms with Crippen molar-refractivity contribution in [1.29, 1.82) is 0 Å². The van der Waals surface area contributed by atoms with Crippen molar-refractivity contribution in [1.82, 2.24) is 29.4 Å². The van der Waals surface area contributed by atoms with Crippen LogP contribution in [0.25, 0.3) is 5.69 Å². The molecule has 0 spiro atoms. The van der Waals surface area contributed by atoms with Gasteiger partial charge in [-0.2, -0.15) is 5.10 Å². The average Bonchev–Trinajstić information content (AvgIpc) is 3.39. The van der Waals surface area contributed by atoms with Crippen molar-refractivity contribution < 1.29 is 4.79 Å². The molecular weight excluding hydrogens is 388 g/mol. The summed E-state index contributed by atoms with van der Waals surface area (Å²) in [7, 11) is 0. The Morgan fingerprint density at radius 3 is 2.84 bits per heavy atom. The fourth-order valence-electron chi connectivity index (χ4n) is 4.84. The van der Waals surface area contributed by atoms with Crippen LogP contribution >= 0.6 is 0 Å². The van der Waals surface area contributed by atoms with Gasteiger partial charge >= 0.3 is 0 Å². The minimum absolute atomic E-state index is 0.229. The van der Waals surface area contributed by atoms with Gasteiger partial charge in [0.25, 0.3) is 0 Å². The van der Waals surface area contributed by atoms with Crippen LogP contribution in [0.2, 0.25) is 0 Å². The third-order valence-corrected chi connectivity index (χ3v) is 6.56. The number of carbonyl (C=O) groups is 1. The van der Waals surface area contributed by atoms with Gasteiger partial charge in [-0.1, -0.05) is 24.6 Å². The van der Waals surface area contributed by atoms with E-state index in [1.54, 1.807) is 0 Å². The predicted molar refractivity (Wildman–Crippen MR) is 118 cm³/mol. The SMILES string of the molecule is O=C(CCc1cnn(-c2ccccc2)c1)N1CCC[C@@H](c2nnc3n2CCCCC3)C1. The van der Waals surface area contributed by atoms with Crippen LogP contribution in [0, 0.1) is 0 Å². The molecule has 1 aromatic carbocycles. The highest BCUT2D eigenvalue weighted by Gasteiger charge is 2.29. The molecule has 5 rings (SSSR count). The smallest absolute Gasteiger partial charge is 0.222 e. The van der Waals surface area contributed by atoms with E-state index in [1.807, 2.05) is 52.3 Å². The molecule has 31 heavy (non-hydrogen) atoms. The number of carbonyl (C=O) groups excluding carboxylic acids is 1. The van der Waals surface area contributed by atoms with Crippen LogP contribution < -0.4 is 0 Å². The van der Waals surface area contributed by atoms with Crippen molar-refractivity contribution in [3.63, 3.8) is 0 Å². The number of benzene rings is 1. The zero-order valence-corrected chi connectivity index (χ0v) is 18.0. The number of aryl methyl sites for hydroxylation is 2. The normalized spacial score (nSPS) is 19.1. The summed E-state index contributed by atoms with van der Waals surface area (Å²) in [6, 6.07) is 10.1. The molecule has 0 saturated carbocycles. The summed E-state index contributed by atoms with van der Waals surface area (Å²) in [5.74, 6) is 2.76. The Balaban J connectivity index is 1.20. The first kappa shape index (κ1) is 20.0. The van der Waals surface area contributed by atoms with Gasteiger partial charge in [0.1, 0.15) is 11.6 Å². The number of rotatable bonds is 5. The van der Waals surface area contributed by atoms with E-state index in [4.69, 9.17) is 0 Å². The molecule has 3 aromatic rings.